The van der Waals surface area contributed by atoms with Crippen LogP contribution in [0.5, 0.6) is 0 Å². The topological polar surface area (TPSA) is 55.1 Å². The highest BCUT2D eigenvalue weighted by molar-refractivity contribution is 5.95. The van der Waals surface area contributed by atoms with Crippen molar-refractivity contribution >= 4 is 11.6 Å². The SMILES string of the molecule is Cc1cc(N)cc(C(=O)NCC2(C(C)C)CC2)c1F. The lowest BCUT2D eigenvalue weighted by molar-refractivity contribution is 0.0935. The molecule has 1 aliphatic rings. The number of nitrogens with two attached hydrogens (primary N) is 1. The van der Waals surface area contributed by atoms with Crippen LogP contribution in [0.3, 0.4) is 0 Å². The van der Waals surface area contributed by atoms with Gasteiger partial charge in [-0.25, -0.2) is 4.39 Å². The van der Waals surface area contributed by atoms with Crippen LogP contribution in [0.4, 0.5) is 10.1 Å². The van der Waals surface area contributed by atoms with E-state index in [0.717, 1.165) is 12.8 Å². The summed E-state index contributed by atoms with van der Waals surface area (Å²) in [5, 5.41) is 2.84. The zero-order valence-electron chi connectivity index (χ0n) is 11.7. The number of amides is 1. The van der Waals surface area contributed by atoms with Crippen molar-refractivity contribution in [2.45, 2.75) is 33.6 Å². The summed E-state index contributed by atoms with van der Waals surface area (Å²) < 4.78 is 13.9. The Labute approximate surface area is 113 Å². The first-order valence-corrected chi connectivity index (χ1v) is 6.69. The molecule has 19 heavy (non-hydrogen) atoms. The minimum atomic E-state index is -0.485. The lowest BCUT2D eigenvalue weighted by Gasteiger charge is -2.20. The zero-order chi connectivity index (χ0) is 14.2. The van der Waals surface area contributed by atoms with Crippen LogP contribution in [0.2, 0.25) is 0 Å². The van der Waals surface area contributed by atoms with Gasteiger partial charge in [0.05, 0.1) is 5.56 Å². The maximum atomic E-state index is 13.9. The number of hydrogen-bond donors (Lipinski definition) is 2. The molecule has 1 aromatic carbocycles. The van der Waals surface area contributed by atoms with Crippen LogP contribution in [-0.4, -0.2) is 12.5 Å². The van der Waals surface area contributed by atoms with Gasteiger partial charge >= 0.3 is 0 Å². The first kappa shape index (κ1) is 13.8. The van der Waals surface area contributed by atoms with Crippen LogP contribution < -0.4 is 11.1 Å². The Morgan fingerprint density at radius 2 is 2.11 bits per heavy atom. The first-order chi connectivity index (χ1) is 8.85. The van der Waals surface area contributed by atoms with E-state index in [4.69, 9.17) is 5.73 Å². The summed E-state index contributed by atoms with van der Waals surface area (Å²) in [6, 6.07) is 2.93. The summed E-state index contributed by atoms with van der Waals surface area (Å²) >= 11 is 0. The smallest absolute Gasteiger partial charge is 0.254 e. The number of benzene rings is 1. The normalized spacial score (nSPS) is 16.5. The molecule has 1 amide bonds. The predicted molar refractivity (Wildman–Crippen MR) is 74.4 cm³/mol. The predicted octanol–water partition coefficient (Wildman–Crippen LogP) is 2.88. The largest absolute Gasteiger partial charge is 0.399 e. The molecule has 1 aromatic rings. The standard InChI is InChI=1S/C15H21FN2O/c1-9(2)15(4-5-15)8-18-14(19)12-7-11(17)6-10(3)13(12)16/h6-7,9H,4-5,8,17H2,1-3H3,(H,18,19). The van der Waals surface area contributed by atoms with Crippen molar-refractivity contribution in [3.05, 3.63) is 29.1 Å². The van der Waals surface area contributed by atoms with E-state index in [1.54, 1.807) is 6.92 Å². The van der Waals surface area contributed by atoms with Gasteiger partial charge in [0, 0.05) is 12.2 Å². The summed E-state index contributed by atoms with van der Waals surface area (Å²) in [5.41, 5.74) is 6.72. The molecule has 2 rings (SSSR count). The number of nitrogen functional groups attached to an aromatic ring is 1. The van der Waals surface area contributed by atoms with Crippen molar-refractivity contribution in [2.24, 2.45) is 11.3 Å². The van der Waals surface area contributed by atoms with Gasteiger partial charge in [-0.1, -0.05) is 13.8 Å². The monoisotopic (exact) mass is 264 g/mol. The van der Waals surface area contributed by atoms with Crippen LogP contribution >= 0.6 is 0 Å². The Morgan fingerprint density at radius 1 is 1.47 bits per heavy atom. The second-order valence-electron chi connectivity index (χ2n) is 5.90. The molecular weight excluding hydrogens is 243 g/mol. The average Bonchev–Trinajstić information content (AvgIpc) is 3.12. The van der Waals surface area contributed by atoms with E-state index < -0.39 is 5.82 Å². The van der Waals surface area contributed by atoms with E-state index >= 15 is 0 Å². The molecule has 104 valence electrons. The lowest BCUT2D eigenvalue weighted by Crippen LogP contribution is -2.33. The van der Waals surface area contributed by atoms with Gasteiger partial charge in [0.15, 0.2) is 0 Å². The van der Waals surface area contributed by atoms with Crippen molar-refractivity contribution in [2.75, 3.05) is 12.3 Å². The second-order valence-corrected chi connectivity index (χ2v) is 5.90. The third-order valence-electron chi connectivity index (χ3n) is 4.24. The van der Waals surface area contributed by atoms with Crippen LogP contribution in [0, 0.1) is 24.1 Å². The van der Waals surface area contributed by atoms with Crippen LogP contribution in [-0.2, 0) is 0 Å². The van der Waals surface area contributed by atoms with Crippen molar-refractivity contribution in [3.63, 3.8) is 0 Å². The fourth-order valence-corrected chi connectivity index (χ4v) is 2.43. The van der Waals surface area contributed by atoms with E-state index in [0.29, 0.717) is 23.7 Å². The van der Waals surface area contributed by atoms with Crippen molar-refractivity contribution in [1.29, 1.82) is 0 Å². The summed E-state index contributed by atoms with van der Waals surface area (Å²) in [6.07, 6.45) is 2.26. The Balaban J connectivity index is 2.09. The zero-order valence-corrected chi connectivity index (χ0v) is 11.7. The van der Waals surface area contributed by atoms with Gasteiger partial charge in [-0.05, 0) is 48.8 Å². The third kappa shape index (κ3) is 2.72. The number of halogens is 1. The maximum Gasteiger partial charge on any atom is 0.254 e. The molecule has 0 atom stereocenters. The molecule has 0 spiro atoms. The van der Waals surface area contributed by atoms with E-state index in [2.05, 4.69) is 19.2 Å². The van der Waals surface area contributed by atoms with Gasteiger partial charge in [0.1, 0.15) is 5.82 Å². The van der Waals surface area contributed by atoms with Crippen LogP contribution in [0.1, 0.15) is 42.6 Å². The highest BCUT2D eigenvalue weighted by atomic mass is 19.1. The number of nitrogens with one attached hydrogen (secondary N) is 1. The number of rotatable bonds is 4. The number of aryl methyl sites for hydroxylation is 1. The van der Waals surface area contributed by atoms with Crippen molar-refractivity contribution in [1.82, 2.24) is 5.32 Å². The molecule has 1 aliphatic carbocycles. The molecular formula is C15H21FN2O. The molecule has 0 saturated heterocycles. The van der Waals surface area contributed by atoms with Gasteiger partial charge in [0.2, 0.25) is 0 Å². The third-order valence-corrected chi connectivity index (χ3v) is 4.24. The maximum absolute atomic E-state index is 13.9. The van der Waals surface area contributed by atoms with E-state index in [9.17, 15) is 9.18 Å². The second kappa shape index (κ2) is 4.83. The van der Waals surface area contributed by atoms with E-state index in [1.807, 2.05) is 0 Å². The Kier molecular flexibility index (Phi) is 3.52. The molecule has 0 unspecified atom stereocenters. The van der Waals surface area contributed by atoms with Crippen molar-refractivity contribution in [3.8, 4) is 0 Å². The Hall–Kier alpha value is -1.58. The van der Waals surface area contributed by atoms with Crippen molar-refractivity contribution < 1.29 is 9.18 Å². The molecule has 1 saturated carbocycles. The number of carbonyl (C=O) groups is 1. The average molecular weight is 264 g/mol. The fourth-order valence-electron chi connectivity index (χ4n) is 2.43. The van der Waals surface area contributed by atoms with Gasteiger partial charge in [-0.15, -0.1) is 0 Å². The summed E-state index contributed by atoms with van der Waals surface area (Å²) in [4.78, 5) is 12.1. The van der Waals surface area contributed by atoms with Gasteiger partial charge in [-0.2, -0.15) is 0 Å². The molecule has 1 fully saturated rings. The molecule has 0 bridgehead atoms. The Bertz CT molecular complexity index is 507. The molecule has 0 aliphatic heterocycles. The Morgan fingerprint density at radius 3 is 2.63 bits per heavy atom. The van der Waals surface area contributed by atoms with E-state index in [-0.39, 0.29) is 16.9 Å². The molecule has 3 nitrogen and oxygen atoms in total. The minimum absolute atomic E-state index is 0.0389. The van der Waals surface area contributed by atoms with Gasteiger partial charge < -0.3 is 11.1 Å². The lowest BCUT2D eigenvalue weighted by atomic mass is 9.92. The van der Waals surface area contributed by atoms with Crippen LogP contribution in [0.25, 0.3) is 0 Å². The number of hydrogen-bond acceptors (Lipinski definition) is 2. The van der Waals surface area contributed by atoms with Gasteiger partial charge in [0.25, 0.3) is 5.91 Å². The quantitative estimate of drug-likeness (QED) is 0.822. The summed E-state index contributed by atoms with van der Waals surface area (Å²) in [6.45, 7) is 6.53. The van der Waals surface area contributed by atoms with Crippen LogP contribution in [0.15, 0.2) is 12.1 Å². The molecule has 4 heteroatoms. The highest BCUT2D eigenvalue weighted by Gasteiger charge is 2.45. The first-order valence-electron chi connectivity index (χ1n) is 6.69. The molecule has 0 radical (unpaired) electrons. The number of carbonyl (C=O) groups excluding carboxylic acids is 1. The van der Waals surface area contributed by atoms with Gasteiger partial charge in [-0.3, -0.25) is 4.79 Å². The summed E-state index contributed by atoms with van der Waals surface area (Å²) in [5.74, 6) is -0.332. The molecule has 0 heterocycles. The molecule has 0 aromatic heterocycles. The summed E-state index contributed by atoms with van der Waals surface area (Å²) in [7, 11) is 0. The minimum Gasteiger partial charge on any atom is -0.399 e. The molecule has 3 N–H and O–H groups in total. The fraction of sp³-hybridized carbons (Fsp3) is 0.533. The number of anilines is 1. The van der Waals surface area contributed by atoms with E-state index in [1.165, 1.54) is 12.1 Å². The highest BCUT2D eigenvalue weighted by Crippen LogP contribution is 2.51.